The van der Waals surface area contributed by atoms with E-state index in [-0.39, 0.29) is 0 Å². The highest BCUT2D eigenvalue weighted by Crippen LogP contribution is 2.43. The maximum absolute atomic E-state index is 6.85. The van der Waals surface area contributed by atoms with Gasteiger partial charge in [0.05, 0.1) is 28.0 Å². The topological polar surface area (TPSA) is 36.9 Å². The molecule has 6 rings (SSSR count). The van der Waals surface area contributed by atoms with Crippen molar-refractivity contribution in [2.45, 2.75) is 0 Å². The molecule has 0 unspecified atom stereocenters. The van der Waals surface area contributed by atoms with Crippen LogP contribution < -0.4 is 30.5 Å². The van der Waals surface area contributed by atoms with Crippen molar-refractivity contribution in [3.8, 4) is 22.6 Å². The van der Waals surface area contributed by atoms with E-state index in [4.69, 9.17) is 18.5 Å². The van der Waals surface area contributed by atoms with E-state index < -0.39 is 16.3 Å². The van der Waals surface area contributed by atoms with E-state index in [0.29, 0.717) is 26.4 Å². The first-order valence-electron chi connectivity index (χ1n) is 15.4. The second-order valence-electron chi connectivity index (χ2n) is 10.3. The molecule has 0 aliphatic heterocycles. The van der Waals surface area contributed by atoms with Crippen molar-refractivity contribution in [1.29, 1.82) is 0 Å². The Morgan fingerprint density at radius 1 is 0.348 bits per heavy atom. The maximum Gasteiger partial charge on any atom is 0.150 e. The molecule has 230 valence electrons. The minimum absolute atomic E-state index is 0.424. The molecule has 6 aromatic carbocycles. The van der Waals surface area contributed by atoms with E-state index in [1.165, 1.54) is 10.6 Å². The van der Waals surface area contributed by atoms with Crippen LogP contribution in [0.5, 0.6) is 11.5 Å². The lowest BCUT2D eigenvalue weighted by Crippen LogP contribution is -2.16. The second-order valence-corrected chi connectivity index (χ2v) is 14.0. The van der Waals surface area contributed by atoms with Gasteiger partial charge in [-0.05, 0) is 12.1 Å². The number of para-hydroxylation sites is 2. The zero-order chi connectivity index (χ0) is 31.2. The van der Waals surface area contributed by atoms with Gasteiger partial charge in [-0.15, -0.1) is 0 Å². The van der Waals surface area contributed by atoms with Crippen LogP contribution in [0.3, 0.4) is 0 Å². The van der Waals surface area contributed by atoms with Crippen LogP contribution in [-0.4, -0.2) is 26.4 Å². The van der Waals surface area contributed by atoms with E-state index in [1.54, 1.807) is 0 Å². The van der Waals surface area contributed by atoms with Gasteiger partial charge in [0.25, 0.3) is 0 Å². The van der Waals surface area contributed by atoms with Crippen molar-refractivity contribution in [1.82, 2.24) is 0 Å². The normalized spacial score (nSPS) is 11.1. The molecule has 0 aliphatic rings. The van der Waals surface area contributed by atoms with Crippen molar-refractivity contribution >= 4 is 37.5 Å². The molecule has 4 nitrogen and oxygen atoms in total. The number of benzene rings is 6. The van der Waals surface area contributed by atoms with Crippen molar-refractivity contribution in [3.05, 3.63) is 170 Å². The summed E-state index contributed by atoms with van der Waals surface area (Å²) in [5.41, 5.74) is 1.97. The van der Waals surface area contributed by atoms with Gasteiger partial charge in [-0.1, -0.05) is 158 Å². The maximum atomic E-state index is 6.85. The fourth-order valence-electron chi connectivity index (χ4n) is 4.99. The van der Waals surface area contributed by atoms with Crippen LogP contribution in [0, 0.1) is 0 Å². The van der Waals surface area contributed by atoms with Gasteiger partial charge >= 0.3 is 0 Å². The van der Waals surface area contributed by atoms with E-state index in [0.717, 1.165) is 33.2 Å². The molecule has 0 fully saturated rings. The summed E-state index contributed by atoms with van der Waals surface area (Å²) in [7, 11) is -1.97. The summed E-state index contributed by atoms with van der Waals surface area (Å²) in [4.78, 5) is 0. The molecule has 0 aliphatic carbocycles. The summed E-state index contributed by atoms with van der Waals surface area (Å²) in [5.74, 6) is 1.61. The Hall–Kier alpha value is -4.30. The Balaban J connectivity index is 1.08. The molecule has 0 bridgehead atoms. The van der Waals surface area contributed by atoms with Crippen LogP contribution in [-0.2, 0) is 9.26 Å². The lowest BCUT2D eigenvalue weighted by molar-refractivity contribution is 0.0800. The van der Waals surface area contributed by atoms with Crippen LogP contribution in [0.1, 0.15) is 0 Å². The van der Waals surface area contributed by atoms with Crippen molar-refractivity contribution in [2.24, 2.45) is 0 Å². The summed E-state index contributed by atoms with van der Waals surface area (Å²) in [6.45, 7) is 1.87. The van der Waals surface area contributed by atoms with Gasteiger partial charge in [-0.3, -0.25) is 0 Å². The molecule has 46 heavy (non-hydrogen) atoms. The van der Waals surface area contributed by atoms with Crippen molar-refractivity contribution < 1.29 is 18.5 Å². The lowest BCUT2D eigenvalue weighted by Gasteiger charge is -2.22. The number of rotatable bonds is 15. The molecular formula is C40H36O4P2. The van der Waals surface area contributed by atoms with E-state index in [9.17, 15) is 0 Å². The zero-order valence-corrected chi connectivity index (χ0v) is 27.3. The molecule has 0 radical (unpaired) electrons. The van der Waals surface area contributed by atoms with E-state index in [2.05, 4.69) is 109 Å². The van der Waals surface area contributed by atoms with E-state index in [1.807, 2.05) is 60.7 Å². The van der Waals surface area contributed by atoms with Crippen LogP contribution in [0.15, 0.2) is 170 Å². The Kier molecular flexibility index (Phi) is 11.6. The third-order valence-electron chi connectivity index (χ3n) is 7.15. The molecule has 0 amide bonds. The molecule has 0 saturated heterocycles. The third kappa shape index (κ3) is 8.49. The minimum atomic E-state index is -1.07. The third-order valence-corrected chi connectivity index (χ3v) is 11.0. The summed E-state index contributed by atoms with van der Waals surface area (Å²) < 4.78 is 25.4. The van der Waals surface area contributed by atoms with Crippen LogP contribution >= 0.6 is 16.3 Å². The van der Waals surface area contributed by atoms with E-state index >= 15 is 0 Å². The molecule has 0 atom stereocenters. The quantitative estimate of drug-likeness (QED) is 0.0836. The number of hydrogen-bond donors (Lipinski definition) is 0. The van der Waals surface area contributed by atoms with Crippen LogP contribution in [0.4, 0.5) is 0 Å². The summed E-state index contributed by atoms with van der Waals surface area (Å²) >= 11 is 0. The zero-order valence-electron chi connectivity index (χ0n) is 25.5. The SMILES string of the molecule is c1ccc(P(OCCOCCOc2ccccc2-c2ccccc2OP(c2ccccc2)c2ccccc2)c2ccccc2)cc1. The van der Waals surface area contributed by atoms with Crippen LogP contribution in [0.25, 0.3) is 11.1 Å². The predicted molar refractivity (Wildman–Crippen MR) is 193 cm³/mol. The lowest BCUT2D eigenvalue weighted by atomic mass is 10.0. The largest absolute Gasteiger partial charge is 0.491 e. The highest BCUT2D eigenvalue weighted by atomic mass is 31.1. The van der Waals surface area contributed by atoms with Gasteiger partial charge in [0, 0.05) is 32.3 Å². The molecular weight excluding hydrogens is 606 g/mol. The monoisotopic (exact) mass is 642 g/mol. The average Bonchev–Trinajstić information content (AvgIpc) is 3.13. The standard InChI is InChI=1S/C40H36O4P2/c1-5-17-33(18-6-1)45(34-19-7-2-8-20-34)43-32-30-41-29-31-42-39-27-15-13-25-37(39)38-26-14-16-28-40(38)44-46(35-21-9-3-10-22-35)36-23-11-4-12-24-36/h1-28H,29-32H2. The Morgan fingerprint density at radius 3 is 1.26 bits per heavy atom. The molecule has 0 aromatic heterocycles. The number of ether oxygens (including phenoxy) is 2. The minimum Gasteiger partial charge on any atom is -0.491 e. The fraction of sp³-hybridized carbons (Fsp3) is 0.100. The molecule has 0 heterocycles. The van der Waals surface area contributed by atoms with Crippen molar-refractivity contribution in [3.63, 3.8) is 0 Å². The molecule has 6 aromatic rings. The molecule has 6 heteroatoms. The smallest absolute Gasteiger partial charge is 0.150 e. The first-order valence-corrected chi connectivity index (χ1v) is 17.9. The van der Waals surface area contributed by atoms with Crippen LogP contribution in [0.2, 0.25) is 0 Å². The Bertz CT molecular complexity index is 1670. The second kappa shape index (κ2) is 16.9. The summed E-state index contributed by atoms with van der Waals surface area (Å²) in [5, 5.41) is 4.69. The first kappa shape index (κ1) is 31.7. The Morgan fingerprint density at radius 2 is 0.739 bits per heavy atom. The summed E-state index contributed by atoms with van der Waals surface area (Å²) in [6, 6.07) is 57.9. The first-order chi connectivity index (χ1) is 22.9. The van der Waals surface area contributed by atoms with Gasteiger partial charge in [0.1, 0.15) is 18.1 Å². The van der Waals surface area contributed by atoms with Gasteiger partial charge < -0.3 is 18.5 Å². The fourth-order valence-corrected chi connectivity index (χ4v) is 8.48. The highest BCUT2D eigenvalue weighted by molar-refractivity contribution is 7.69. The molecule has 0 N–H and O–H groups in total. The summed E-state index contributed by atoms with van der Waals surface area (Å²) in [6.07, 6.45) is 0. The van der Waals surface area contributed by atoms with Gasteiger partial charge in [0.2, 0.25) is 0 Å². The molecule has 0 saturated carbocycles. The number of hydrogen-bond acceptors (Lipinski definition) is 4. The predicted octanol–water partition coefficient (Wildman–Crippen LogP) is 8.24. The van der Waals surface area contributed by atoms with Gasteiger partial charge in [-0.25, -0.2) is 0 Å². The average molecular weight is 643 g/mol. The van der Waals surface area contributed by atoms with Crippen molar-refractivity contribution in [2.75, 3.05) is 26.4 Å². The van der Waals surface area contributed by atoms with Gasteiger partial charge in [0.15, 0.2) is 8.15 Å². The Labute approximate surface area is 274 Å². The van der Waals surface area contributed by atoms with Gasteiger partial charge in [-0.2, -0.15) is 0 Å². The highest BCUT2D eigenvalue weighted by Gasteiger charge is 2.20. The molecule has 0 spiro atoms.